The van der Waals surface area contributed by atoms with Gasteiger partial charge in [0.15, 0.2) is 5.13 Å². The van der Waals surface area contributed by atoms with Crippen LogP contribution in [-0.4, -0.2) is 40.8 Å². The standard InChI is InChI=1S/C15H24N4O2S.2ClH/c1-9(2)14(21)18-15-17-12(8-22-15)5-13(20)19-7-11(6-16)4-10(19)3;;/h8-11H,4-7,16H2,1-3H3,(H,17,18,21);2*1H. The molecule has 2 heterocycles. The molecule has 1 aromatic rings. The first-order valence-corrected chi connectivity index (χ1v) is 8.53. The van der Waals surface area contributed by atoms with Crippen molar-refractivity contribution in [1.29, 1.82) is 0 Å². The van der Waals surface area contributed by atoms with Gasteiger partial charge in [-0.2, -0.15) is 0 Å². The van der Waals surface area contributed by atoms with Crippen LogP contribution < -0.4 is 11.1 Å². The number of carbonyl (C=O) groups excluding carboxylic acids is 2. The van der Waals surface area contributed by atoms with Gasteiger partial charge in [0, 0.05) is 23.9 Å². The molecule has 1 aromatic heterocycles. The molecular formula is C15H26Cl2N4O2S. The molecule has 3 N–H and O–H groups in total. The number of thiazole rings is 1. The minimum absolute atomic E-state index is 0. The summed E-state index contributed by atoms with van der Waals surface area (Å²) in [5, 5.41) is 5.14. The molecule has 0 spiro atoms. The summed E-state index contributed by atoms with van der Waals surface area (Å²) >= 11 is 1.35. The lowest BCUT2D eigenvalue weighted by Gasteiger charge is -2.21. The third-order valence-electron chi connectivity index (χ3n) is 3.95. The van der Waals surface area contributed by atoms with E-state index in [9.17, 15) is 9.59 Å². The van der Waals surface area contributed by atoms with Crippen LogP contribution in [0.15, 0.2) is 5.38 Å². The number of likely N-dealkylation sites (tertiary alicyclic amines) is 1. The Morgan fingerprint density at radius 3 is 2.67 bits per heavy atom. The highest BCUT2D eigenvalue weighted by molar-refractivity contribution is 7.13. The number of hydrogen-bond donors (Lipinski definition) is 2. The van der Waals surface area contributed by atoms with Gasteiger partial charge in [0.25, 0.3) is 0 Å². The van der Waals surface area contributed by atoms with Crippen molar-refractivity contribution in [3.63, 3.8) is 0 Å². The van der Waals surface area contributed by atoms with Gasteiger partial charge >= 0.3 is 0 Å². The SMILES string of the molecule is CC(C)C(=O)Nc1nc(CC(=O)N2CC(CN)CC2C)cs1.Cl.Cl. The Hall–Kier alpha value is -0.890. The summed E-state index contributed by atoms with van der Waals surface area (Å²) in [4.78, 5) is 30.2. The first-order valence-electron chi connectivity index (χ1n) is 7.65. The van der Waals surface area contributed by atoms with Crippen LogP contribution in [0.4, 0.5) is 5.13 Å². The van der Waals surface area contributed by atoms with Crippen molar-refractivity contribution in [2.45, 2.75) is 39.7 Å². The Morgan fingerprint density at radius 2 is 2.12 bits per heavy atom. The second-order valence-electron chi connectivity index (χ2n) is 6.20. The van der Waals surface area contributed by atoms with E-state index in [-0.39, 0.29) is 55.0 Å². The summed E-state index contributed by atoms with van der Waals surface area (Å²) < 4.78 is 0. The number of rotatable bonds is 5. The summed E-state index contributed by atoms with van der Waals surface area (Å²) in [6.07, 6.45) is 1.24. The molecule has 9 heteroatoms. The number of nitrogens with one attached hydrogen (secondary N) is 1. The van der Waals surface area contributed by atoms with E-state index in [1.807, 2.05) is 24.1 Å². The van der Waals surface area contributed by atoms with Crippen LogP contribution in [0.25, 0.3) is 0 Å². The molecule has 6 nitrogen and oxygen atoms in total. The first-order chi connectivity index (χ1) is 10.4. The lowest BCUT2D eigenvalue weighted by atomic mass is 10.1. The van der Waals surface area contributed by atoms with Crippen LogP contribution in [0.2, 0.25) is 0 Å². The zero-order valence-corrected chi connectivity index (χ0v) is 16.6. The van der Waals surface area contributed by atoms with Gasteiger partial charge in [-0.25, -0.2) is 4.98 Å². The summed E-state index contributed by atoms with van der Waals surface area (Å²) in [5.41, 5.74) is 6.40. The molecule has 0 radical (unpaired) electrons. The maximum atomic E-state index is 12.4. The predicted molar refractivity (Wildman–Crippen MR) is 102 cm³/mol. The quantitative estimate of drug-likeness (QED) is 0.798. The Balaban J connectivity index is 0.00000264. The average molecular weight is 397 g/mol. The molecule has 138 valence electrons. The fourth-order valence-electron chi connectivity index (χ4n) is 2.61. The summed E-state index contributed by atoms with van der Waals surface area (Å²) in [5.74, 6) is 0.324. The molecule has 2 unspecified atom stereocenters. The number of halogens is 2. The third kappa shape index (κ3) is 5.88. The van der Waals surface area contributed by atoms with Crippen molar-refractivity contribution >= 4 is 53.1 Å². The smallest absolute Gasteiger partial charge is 0.228 e. The van der Waals surface area contributed by atoms with Crippen molar-refractivity contribution in [1.82, 2.24) is 9.88 Å². The van der Waals surface area contributed by atoms with E-state index in [0.29, 0.717) is 23.3 Å². The number of carbonyl (C=O) groups is 2. The van der Waals surface area contributed by atoms with Crippen molar-refractivity contribution < 1.29 is 9.59 Å². The highest BCUT2D eigenvalue weighted by Crippen LogP contribution is 2.24. The van der Waals surface area contributed by atoms with Crippen molar-refractivity contribution in [3.05, 3.63) is 11.1 Å². The topological polar surface area (TPSA) is 88.3 Å². The minimum atomic E-state index is -0.0902. The molecule has 2 amide bonds. The number of hydrogen-bond acceptors (Lipinski definition) is 5. The maximum absolute atomic E-state index is 12.4. The summed E-state index contributed by atoms with van der Waals surface area (Å²) in [7, 11) is 0. The van der Waals surface area contributed by atoms with Crippen LogP contribution in [0.5, 0.6) is 0 Å². The molecule has 2 rings (SSSR count). The van der Waals surface area contributed by atoms with Crippen LogP contribution in [0.3, 0.4) is 0 Å². The van der Waals surface area contributed by atoms with E-state index in [2.05, 4.69) is 17.2 Å². The Morgan fingerprint density at radius 1 is 1.46 bits per heavy atom. The lowest BCUT2D eigenvalue weighted by molar-refractivity contribution is -0.131. The molecule has 1 aliphatic rings. The molecule has 0 aliphatic carbocycles. The van der Waals surface area contributed by atoms with E-state index in [0.717, 1.165) is 13.0 Å². The molecule has 2 atom stereocenters. The minimum Gasteiger partial charge on any atom is -0.339 e. The van der Waals surface area contributed by atoms with Gasteiger partial charge in [-0.1, -0.05) is 13.8 Å². The van der Waals surface area contributed by atoms with E-state index in [4.69, 9.17) is 5.73 Å². The normalized spacial score (nSPS) is 19.6. The van der Waals surface area contributed by atoms with Crippen molar-refractivity contribution in [2.75, 3.05) is 18.4 Å². The highest BCUT2D eigenvalue weighted by Gasteiger charge is 2.31. The van der Waals surface area contributed by atoms with Gasteiger partial charge in [-0.15, -0.1) is 36.2 Å². The number of nitrogens with zero attached hydrogens (tertiary/aromatic N) is 2. The fourth-order valence-corrected chi connectivity index (χ4v) is 3.33. The highest BCUT2D eigenvalue weighted by atomic mass is 35.5. The second-order valence-corrected chi connectivity index (χ2v) is 7.06. The lowest BCUT2D eigenvalue weighted by Crippen LogP contribution is -2.35. The van der Waals surface area contributed by atoms with Gasteiger partial charge in [-0.05, 0) is 25.8 Å². The molecule has 1 fully saturated rings. The van der Waals surface area contributed by atoms with E-state index in [1.165, 1.54) is 11.3 Å². The van der Waals surface area contributed by atoms with E-state index < -0.39 is 0 Å². The molecule has 0 bridgehead atoms. The number of amides is 2. The Kier molecular flexibility index (Phi) is 9.80. The molecule has 24 heavy (non-hydrogen) atoms. The molecule has 1 aliphatic heterocycles. The Bertz CT molecular complexity index is 553. The number of anilines is 1. The monoisotopic (exact) mass is 396 g/mol. The summed E-state index contributed by atoms with van der Waals surface area (Å²) in [6.45, 7) is 7.07. The predicted octanol–water partition coefficient (Wildman–Crippen LogP) is 2.32. The van der Waals surface area contributed by atoms with Gasteiger partial charge in [0.2, 0.25) is 11.8 Å². The van der Waals surface area contributed by atoms with Gasteiger partial charge in [0.1, 0.15) is 0 Å². The first kappa shape index (κ1) is 23.1. The molecular weight excluding hydrogens is 371 g/mol. The van der Waals surface area contributed by atoms with Crippen molar-refractivity contribution in [3.8, 4) is 0 Å². The largest absolute Gasteiger partial charge is 0.339 e. The third-order valence-corrected chi connectivity index (χ3v) is 4.76. The van der Waals surface area contributed by atoms with Gasteiger partial charge in [0.05, 0.1) is 12.1 Å². The average Bonchev–Trinajstić information content (AvgIpc) is 3.05. The molecule has 0 aromatic carbocycles. The maximum Gasteiger partial charge on any atom is 0.228 e. The van der Waals surface area contributed by atoms with E-state index >= 15 is 0 Å². The van der Waals surface area contributed by atoms with Crippen LogP contribution in [0, 0.1) is 11.8 Å². The molecule has 0 saturated carbocycles. The number of aromatic nitrogens is 1. The Labute approximate surface area is 159 Å². The van der Waals surface area contributed by atoms with E-state index in [1.54, 1.807) is 0 Å². The van der Waals surface area contributed by atoms with Crippen molar-refractivity contribution in [2.24, 2.45) is 17.6 Å². The van der Waals surface area contributed by atoms with Crippen LogP contribution >= 0.6 is 36.2 Å². The second kappa shape index (κ2) is 10.2. The summed E-state index contributed by atoms with van der Waals surface area (Å²) in [6, 6.07) is 0.236. The van der Waals surface area contributed by atoms with Crippen LogP contribution in [-0.2, 0) is 16.0 Å². The molecule has 1 saturated heterocycles. The fraction of sp³-hybridized carbons (Fsp3) is 0.667. The zero-order valence-electron chi connectivity index (χ0n) is 14.2. The zero-order chi connectivity index (χ0) is 16.3. The van der Waals surface area contributed by atoms with Gasteiger partial charge < -0.3 is 16.0 Å². The van der Waals surface area contributed by atoms with Crippen LogP contribution in [0.1, 0.15) is 32.9 Å². The number of nitrogens with two attached hydrogens (primary N) is 1. The van der Waals surface area contributed by atoms with Gasteiger partial charge in [-0.3, -0.25) is 9.59 Å².